The molecule has 0 aromatic heterocycles. The molecule has 3 rings (SSSR count). The average molecular weight is 375 g/mol. The van der Waals surface area contributed by atoms with Gasteiger partial charge in [0.1, 0.15) is 0 Å². The summed E-state index contributed by atoms with van der Waals surface area (Å²) in [6, 6.07) is 12.8. The highest BCUT2D eigenvalue weighted by molar-refractivity contribution is 7.89. The topological polar surface area (TPSA) is 89.3 Å². The van der Waals surface area contributed by atoms with Gasteiger partial charge in [-0.3, -0.25) is 4.79 Å². The first kappa shape index (κ1) is 18.9. The van der Waals surface area contributed by atoms with Crippen molar-refractivity contribution in [2.45, 2.75) is 44.6 Å². The first-order chi connectivity index (χ1) is 12.4. The minimum atomic E-state index is -3.50. The van der Waals surface area contributed by atoms with Gasteiger partial charge in [-0.05, 0) is 35.1 Å². The summed E-state index contributed by atoms with van der Waals surface area (Å²) < 4.78 is 28.2. The monoisotopic (exact) mass is 374 g/mol. The molecule has 1 aliphatic rings. The summed E-state index contributed by atoms with van der Waals surface area (Å²) in [4.78, 5) is 11.6. The first-order valence-corrected chi connectivity index (χ1v) is 10.9. The third kappa shape index (κ3) is 4.83. The van der Waals surface area contributed by atoms with Crippen LogP contribution in [0.15, 0.2) is 42.5 Å². The lowest BCUT2D eigenvalue weighted by atomic mass is 9.91. The van der Waals surface area contributed by atoms with Crippen LogP contribution in [0.3, 0.4) is 0 Å². The second-order valence-corrected chi connectivity index (χ2v) is 8.99. The quantitative estimate of drug-likeness (QED) is 0.779. The Morgan fingerprint density at radius 1 is 1.08 bits per heavy atom. The Balaban J connectivity index is 1.86. The highest BCUT2D eigenvalue weighted by atomic mass is 32.2. The molecule has 1 saturated carbocycles. The smallest absolute Gasteiger partial charge is 0.219 e. The summed E-state index contributed by atoms with van der Waals surface area (Å²) >= 11 is 0. The van der Waals surface area contributed by atoms with Crippen LogP contribution < -0.4 is 10.5 Å². The van der Waals surface area contributed by atoms with Gasteiger partial charge in [0.2, 0.25) is 15.9 Å². The van der Waals surface area contributed by atoms with E-state index in [2.05, 4.69) is 4.72 Å². The Labute approximate surface area is 155 Å². The Hall–Kier alpha value is -1.92. The van der Waals surface area contributed by atoms with Gasteiger partial charge in [-0.25, -0.2) is 13.1 Å². The largest absolute Gasteiger partial charge is 0.370 e. The Morgan fingerprint density at radius 3 is 2.50 bits per heavy atom. The fourth-order valence-electron chi connectivity index (χ4n) is 3.90. The third-order valence-electron chi connectivity index (χ3n) is 5.11. The molecule has 5 nitrogen and oxygen atoms in total. The number of nitrogens with two attached hydrogens (primary N) is 1. The second kappa shape index (κ2) is 8.18. The lowest BCUT2D eigenvalue weighted by Crippen LogP contribution is -2.35. The molecule has 0 aliphatic heterocycles. The van der Waals surface area contributed by atoms with Crippen molar-refractivity contribution in [3.63, 3.8) is 0 Å². The molecule has 2 aromatic carbocycles. The van der Waals surface area contributed by atoms with Crippen LogP contribution in [0.4, 0.5) is 0 Å². The molecule has 1 aliphatic carbocycles. The molecule has 2 aromatic rings. The zero-order valence-corrected chi connectivity index (χ0v) is 15.7. The van der Waals surface area contributed by atoms with Crippen LogP contribution in [0.2, 0.25) is 0 Å². The molecule has 3 N–H and O–H groups in total. The summed E-state index contributed by atoms with van der Waals surface area (Å²) in [7, 11) is -3.50. The number of hydrogen-bond donors (Lipinski definition) is 2. The molecule has 1 fully saturated rings. The van der Waals surface area contributed by atoms with Crippen LogP contribution in [-0.4, -0.2) is 20.1 Å². The van der Waals surface area contributed by atoms with Gasteiger partial charge in [-0.2, -0.15) is 0 Å². The van der Waals surface area contributed by atoms with E-state index in [0.29, 0.717) is 0 Å². The summed E-state index contributed by atoms with van der Waals surface area (Å²) in [6.45, 7) is 0. The Morgan fingerprint density at radius 2 is 1.77 bits per heavy atom. The van der Waals surface area contributed by atoms with Crippen molar-refractivity contribution in [3.8, 4) is 0 Å². The van der Waals surface area contributed by atoms with Crippen molar-refractivity contribution in [3.05, 3.63) is 48.0 Å². The molecule has 1 unspecified atom stereocenters. The van der Waals surface area contributed by atoms with Crippen molar-refractivity contribution in [2.75, 3.05) is 5.75 Å². The Kier molecular flexibility index (Phi) is 5.94. The number of hydrogen-bond acceptors (Lipinski definition) is 3. The molecule has 0 saturated heterocycles. The van der Waals surface area contributed by atoms with Gasteiger partial charge in [0.25, 0.3) is 0 Å². The molecule has 140 valence electrons. The summed E-state index contributed by atoms with van der Waals surface area (Å²) in [5.74, 6) is -0.209. The van der Waals surface area contributed by atoms with E-state index in [-0.39, 0.29) is 18.1 Å². The van der Waals surface area contributed by atoms with Crippen molar-refractivity contribution in [1.29, 1.82) is 0 Å². The van der Waals surface area contributed by atoms with E-state index >= 15 is 0 Å². The van der Waals surface area contributed by atoms with Crippen LogP contribution in [0, 0.1) is 5.92 Å². The van der Waals surface area contributed by atoms with Crippen molar-refractivity contribution in [2.24, 2.45) is 11.7 Å². The molecule has 1 atom stereocenters. The second-order valence-electron chi connectivity index (χ2n) is 7.19. The highest BCUT2D eigenvalue weighted by Gasteiger charge is 2.26. The van der Waals surface area contributed by atoms with Crippen molar-refractivity contribution < 1.29 is 13.2 Å². The molecule has 26 heavy (non-hydrogen) atoms. The molecular weight excluding hydrogens is 348 g/mol. The minimum absolute atomic E-state index is 0.0576. The van der Waals surface area contributed by atoms with Crippen molar-refractivity contribution >= 4 is 26.7 Å². The van der Waals surface area contributed by atoms with Gasteiger partial charge in [-0.15, -0.1) is 0 Å². The fraction of sp³-hybridized carbons (Fsp3) is 0.450. The number of primary amides is 1. The molecular formula is C20H26N2O3S. The number of amides is 1. The van der Waals surface area contributed by atoms with E-state index in [1.165, 1.54) is 6.42 Å². The number of sulfonamides is 1. The van der Waals surface area contributed by atoms with E-state index in [0.717, 1.165) is 42.0 Å². The van der Waals surface area contributed by atoms with Gasteiger partial charge >= 0.3 is 0 Å². The third-order valence-corrected chi connectivity index (χ3v) is 6.66. The van der Waals surface area contributed by atoms with Gasteiger partial charge in [-0.1, -0.05) is 61.7 Å². The summed E-state index contributed by atoms with van der Waals surface area (Å²) in [5, 5.41) is 1.94. The predicted octanol–water partition coefficient (Wildman–Crippen LogP) is 3.26. The van der Waals surface area contributed by atoms with Crippen LogP contribution in [0.5, 0.6) is 0 Å². The summed E-state index contributed by atoms with van der Waals surface area (Å²) in [6.07, 6.45) is 5.22. The number of rotatable bonds is 7. The Bertz CT molecular complexity index is 868. The minimum Gasteiger partial charge on any atom is -0.370 e. The average Bonchev–Trinajstić information content (AvgIpc) is 2.60. The van der Waals surface area contributed by atoms with Gasteiger partial charge in [0, 0.05) is 6.42 Å². The van der Waals surface area contributed by atoms with E-state index in [1.807, 2.05) is 42.5 Å². The van der Waals surface area contributed by atoms with Crippen LogP contribution in [0.25, 0.3) is 10.8 Å². The van der Waals surface area contributed by atoms with Crippen LogP contribution >= 0.6 is 0 Å². The SMILES string of the molecule is NC(=O)CC(NS(=O)(=O)CC1CCCCC1)c1cccc2ccccc12. The van der Waals surface area contributed by atoms with Crippen LogP contribution in [0.1, 0.15) is 50.1 Å². The maximum absolute atomic E-state index is 12.7. The molecule has 0 spiro atoms. The standard InChI is InChI=1S/C20H26N2O3S/c21-20(23)13-19(18-12-6-10-16-9-4-5-11-17(16)18)22-26(24,25)14-15-7-2-1-3-8-15/h4-6,9-12,15,19,22H,1-3,7-8,13-14H2,(H2,21,23). The zero-order chi connectivity index (χ0) is 18.6. The number of carbonyl (C=O) groups excluding carboxylic acids is 1. The van der Waals surface area contributed by atoms with E-state index in [4.69, 9.17) is 5.73 Å². The van der Waals surface area contributed by atoms with Crippen molar-refractivity contribution in [1.82, 2.24) is 4.72 Å². The van der Waals surface area contributed by atoms with Gasteiger partial charge in [0.15, 0.2) is 0 Å². The molecule has 1 amide bonds. The number of fused-ring (bicyclic) bond motifs is 1. The van der Waals surface area contributed by atoms with Gasteiger partial charge < -0.3 is 5.73 Å². The van der Waals surface area contributed by atoms with E-state index in [1.54, 1.807) is 0 Å². The van der Waals surface area contributed by atoms with Crippen LogP contribution in [-0.2, 0) is 14.8 Å². The number of nitrogens with one attached hydrogen (secondary N) is 1. The number of carbonyl (C=O) groups is 1. The zero-order valence-electron chi connectivity index (χ0n) is 14.9. The molecule has 0 radical (unpaired) electrons. The lowest BCUT2D eigenvalue weighted by Gasteiger charge is -2.24. The highest BCUT2D eigenvalue weighted by Crippen LogP contribution is 2.29. The lowest BCUT2D eigenvalue weighted by molar-refractivity contribution is -0.118. The predicted molar refractivity (Wildman–Crippen MR) is 104 cm³/mol. The molecule has 0 heterocycles. The molecule has 0 bridgehead atoms. The van der Waals surface area contributed by atoms with E-state index in [9.17, 15) is 13.2 Å². The molecule has 6 heteroatoms. The maximum atomic E-state index is 12.7. The van der Waals surface area contributed by atoms with Gasteiger partial charge in [0.05, 0.1) is 11.8 Å². The fourth-order valence-corrected chi connectivity index (χ4v) is 5.59. The number of benzene rings is 2. The summed E-state index contributed by atoms with van der Waals surface area (Å²) in [5.41, 5.74) is 6.19. The normalized spacial score (nSPS) is 17.2. The van der Waals surface area contributed by atoms with E-state index < -0.39 is 22.0 Å². The maximum Gasteiger partial charge on any atom is 0.219 e. The first-order valence-electron chi connectivity index (χ1n) is 9.20.